The number of methoxy groups -OCH3 is 1. The molecule has 0 atom stereocenters. The molecule has 0 saturated carbocycles. The van der Waals surface area contributed by atoms with E-state index in [-0.39, 0.29) is 5.91 Å². The first-order valence-corrected chi connectivity index (χ1v) is 14.4. The molecule has 0 unspecified atom stereocenters. The smallest absolute Gasteiger partial charge is 0.230 e. The van der Waals surface area contributed by atoms with E-state index in [0.29, 0.717) is 18.3 Å². The largest absolute Gasteiger partial charge is 0.383 e. The van der Waals surface area contributed by atoms with Crippen molar-refractivity contribution < 1.29 is 9.53 Å². The number of likely N-dealkylation sites (tertiary alicyclic amines) is 1. The van der Waals surface area contributed by atoms with Crippen molar-refractivity contribution in [2.75, 3.05) is 58.4 Å². The lowest BCUT2D eigenvalue weighted by Crippen LogP contribution is -2.48. The van der Waals surface area contributed by atoms with Crippen molar-refractivity contribution in [2.24, 2.45) is 0 Å². The summed E-state index contributed by atoms with van der Waals surface area (Å²) in [5, 5.41) is 1.25. The van der Waals surface area contributed by atoms with Gasteiger partial charge in [-0.2, -0.15) is 0 Å². The van der Waals surface area contributed by atoms with Crippen LogP contribution in [-0.4, -0.2) is 85.2 Å². The van der Waals surface area contributed by atoms with Gasteiger partial charge >= 0.3 is 0 Å². The molecule has 3 heterocycles. The van der Waals surface area contributed by atoms with E-state index in [1.807, 2.05) is 16.2 Å². The number of fused-ring (bicyclic) bond motifs is 3. The molecule has 2 aromatic rings. The Balaban J connectivity index is 1.48. The van der Waals surface area contributed by atoms with Gasteiger partial charge in [-0.05, 0) is 57.1 Å². The Morgan fingerprint density at radius 1 is 1.14 bits per heavy atom. The molecular formula is C27H43N5O2S. The van der Waals surface area contributed by atoms with Crippen molar-refractivity contribution in [3.8, 4) is 0 Å². The molecule has 1 saturated heterocycles. The molecule has 35 heavy (non-hydrogen) atoms. The summed E-state index contributed by atoms with van der Waals surface area (Å²) in [6, 6.07) is 0.531. The third-order valence-electron chi connectivity index (χ3n) is 7.68. The molecule has 0 spiro atoms. The average Bonchev–Trinajstić information content (AvgIpc) is 3.26. The minimum Gasteiger partial charge on any atom is -0.383 e. The van der Waals surface area contributed by atoms with Crippen molar-refractivity contribution in [3.63, 3.8) is 0 Å². The molecule has 0 N–H and O–H groups in total. The highest BCUT2D eigenvalue weighted by molar-refractivity contribution is 7.19. The summed E-state index contributed by atoms with van der Waals surface area (Å²) in [6.45, 7) is 9.77. The number of piperidine rings is 1. The number of nitrogens with zero attached hydrogens (tertiary/aromatic N) is 5. The SMILES string of the molecule is CCCCN(C)c1nc(CC(=O)N2CCC(N(CC)CCOC)CC2)nc2sc3c(c12)CCCC3. The maximum Gasteiger partial charge on any atom is 0.230 e. The van der Waals surface area contributed by atoms with E-state index < -0.39 is 0 Å². The first-order chi connectivity index (χ1) is 17.0. The van der Waals surface area contributed by atoms with E-state index in [0.717, 1.165) is 88.5 Å². The predicted molar refractivity (Wildman–Crippen MR) is 145 cm³/mol. The first kappa shape index (κ1) is 26.3. The zero-order valence-corrected chi connectivity index (χ0v) is 23.0. The summed E-state index contributed by atoms with van der Waals surface area (Å²) in [6.07, 6.45) is 9.40. The number of aromatic nitrogens is 2. The maximum absolute atomic E-state index is 13.3. The van der Waals surface area contributed by atoms with E-state index in [9.17, 15) is 4.79 Å². The third kappa shape index (κ3) is 6.15. The van der Waals surface area contributed by atoms with Gasteiger partial charge in [0.2, 0.25) is 5.91 Å². The van der Waals surface area contributed by atoms with E-state index in [4.69, 9.17) is 14.7 Å². The van der Waals surface area contributed by atoms with Gasteiger partial charge in [0.1, 0.15) is 16.5 Å². The van der Waals surface area contributed by atoms with E-state index in [1.165, 1.54) is 28.7 Å². The number of unbranched alkanes of at least 4 members (excludes halogenated alkanes) is 1. The van der Waals surface area contributed by atoms with Gasteiger partial charge in [0.15, 0.2) is 0 Å². The van der Waals surface area contributed by atoms with Crippen molar-refractivity contribution in [2.45, 2.75) is 77.7 Å². The number of rotatable bonds is 11. The van der Waals surface area contributed by atoms with Crippen LogP contribution in [0.3, 0.4) is 0 Å². The zero-order chi connectivity index (χ0) is 24.8. The number of carbonyl (C=O) groups is 1. The van der Waals surface area contributed by atoms with Crippen LogP contribution >= 0.6 is 11.3 Å². The Kier molecular flexibility index (Phi) is 9.36. The topological polar surface area (TPSA) is 61.8 Å². The Morgan fingerprint density at radius 3 is 2.63 bits per heavy atom. The van der Waals surface area contributed by atoms with Crippen molar-refractivity contribution in [1.82, 2.24) is 19.8 Å². The molecule has 2 aliphatic rings. The van der Waals surface area contributed by atoms with Gasteiger partial charge in [-0.15, -0.1) is 11.3 Å². The highest BCUT2D eigenvalue weighted by Gasteiger charge is 2.28. The minimum atomic E-state index is 0.159. The second-order valence-corrected chi connectivity index (χ2v) is 11.1. The fraction of sp³-hybridized carbons (Fsp3) is 0.741. The molecule has 8 heteroatoms. The molecule has 0 radical (unpaired) electrons. The molecule has 0 aromatic carbocycles. The summed E-state index contributed by atoms with van der Waals surface area (Å²) in [5.41, 5.74) is 1.46. The van der Waals surface area contributed by atoms with Crippen LogP contribution < -0.4 is 4.90 Å². The fourth-order valence-electron chi connectivity index (χ4n) is 5.57. The van der Waals surface area contributed by atoms with Gasteiger partial charge in [-0.25, -0.2) is 9.97 Å². The van der Waals surface area contributed by atoms with Gasteiger partial charge in [0.05, 0.1) is 18.4 Å². The third-order valence-corrected chi connectivity index (χ3v) is 8.87. The van der Waals surface area contributed by atoms with Crippen LogP contribution in [0.15, 0.2) is 0 Å². The second-order valence-electron chi connectivity index (χ2n) is 10.0. The van der Waals surface area contributed by atoms with Crippen LogP contribution in [0.2, 0.25) is 0 Å². The lowest BCUT2D eigenvalue weighted by Gasteiger charge is -2.38. The molecule has 194 valence electrons. The highest BCUT2D eigenvalue weighted by atomic mass is 32.1. The molecule has 2 aromatic heterocycles. The maximum atomic E-state index is 13.3. The zero-order valence-electron chi connectivity index (χ0n) is 22.1. The Labute approximate surface area is 214 Å². The number of hydrogen-bond acceptors (Lipinski definition) is 7. The molecule has 4 rings (SSSR count). The molecule has 1 fully saturated rings. The number of thiophene rings is 1. The van der Waals surface area contributed by atoms with Crippen LogP contribution in [0.25, 0.3) is 10.2 Å². The summed E-state index contributed by atoms with van der Waals surface area (Å²) in [7, 11) is 3.90. The highest BCUT2D eigenvalue weighted by Crippen LogP contribution is 2.39. The Morgan fingerprint density at radius 2 is 1.91 bits per heavy atom. The van der Waals surface area contributed by atoms with Crippen LogP contribution in [-0.2, 0) is 28.8 Å². The van der Waals surface area contributed by atoms with Crippen LogP contribution in [0, 0.1) is 0 Å². The normalized spacial score (nSPS) is 16.8. The van der Waals surface area contributed by atoms with Crippen LogP contribution in [0.1, 0.15) is 68.6 Å². The average molecular weight is 502 g/mol. The standard InChI is InChI=1S/C27H43N5O2S/c1-5-7-14-30(3)26-25-21-10-8-9-11-22(21)35-27(25)29-23(28-26)19-24(33)32-15-12-20(13-16-32)31(6-2)17-18-34-4/h20H,5-19H2,1-4H3. The molecule has 0 bridgehead atoms. The predicted octanol–water partition coefficient (Wildman–Crippen LogP) is 4.31. The van der Waals surface area contributed by atoms with Crippen molar-refractivity contribution >= 4 is 33.3 Å². The van der Waals surface area contributed by atoms with E-state index in [2.05, 4.69) is 30.7 Å². The Bertz CT molecular complexity index is 986. The lowest BCUT2D eigenvalue weighted by atomic mass is 9.97. The Hall–Kier alpha value is -1.77. The number of anilines is 1. The van der Waals surface area contributed by atoms with Gasteiger partial charge in [0, 0.05) is 51.3 Å². The van der Waals surface area contributed by atoms with E-state index in [1.54, 1.807) is 7.11 Å². The van der Waals surface area contributed by atoms with Crippen molar-refractivity contribution in [1.29, 1.82) is 0 Å². The van der Waals surface area contributed by atoms with Gasteiger partial charge in [-0.1, -0.05) is 20.3 Å². The molecule has 1 aliphatic carbocycles. The lowest BCUT2D eigenvalue weighted by molar-refractivity contribution is -0.132. The van der Waals surface area contributed by atoms with Crippen LogP contribution in [0.5, 0.6) is 0 Å². The monoisotopic (exact) mass is 501 g/mol. The summed E-state index contributed by atoms with van der Waals surface area (Å²) in [5.74, 6) is 1.86. The first-order valence-electron chi connectivity index (χ1n) is 13.6. The quantitative estimate of drug-likeness (QED) is 0.457. The van der Waals surface area contributed by atoms with Crippen molar-refractivity contribution in [3.05, 3.63) is 16.3 Å². The van der Waals surface area contributed by atoms with Gasteiger partial charge < -0.3 is 14.5 Å². The van der Waals surface area contributed by atoms with Gasteiger partial charge in [-0.3, -0.25) is 9.69 Å². The number of amides is 1. The molecular weight excluding hydrogens is 458 g/mol. The number of hydrogen-bond donors (Lipinski definition) is 0. The minimum absolute atomic E-state index is 0.159. The number of ether oxygens (including phenoxy) is 1. The second kappa shape index (κ2) is 12.5. The number of likely N-dealkylation sites (N-methyl/N-ethyl adjacent to an activating group) is 1. The van der Waals surface area contributed by atoms with Gasteiger partial charge in [0.25, 0.3) is 0 Å². The summed E-state index contributed by atoms with van der Waals surface area (Å²) >= 11 is 1.83. The number of carbonyl (C=O) groups excluding carboxylic acids is 1. The summed E-state index contributed by atoms with van der Waals surface area (Å²) < 4.78 is 5.27. The fourth-order valence-corrected chi connectivity index (χ4v) is 6.85. The summed E-state index contributed by atoms with van der Waals surface area (Å²) in [4.78, 5) is 32.6. The molecule has 1 amide bonds. The molecule has 1 aliphatic heterocycles. The van der Waals surface area contributed by atoms with Crippen LogP contribution in [0.4, 0.5) is 5.82 Å². The number of aryl methyl sites for hydroxylation is 2. The molecule has 7 nitrogen and oxygen atoms in total. The van der Waals surface area contributed by atoms with E-state index >= 15 is 0 Å².